The van der Waals surface area contributed by atoms with Crippen molar-refractivity contribution in [1.29, 1.82) is 5.26 Å². The Morgan fingerprint density at radius 2 is 1.17 bits per heavy atom. The summed E-state index contributed by atoms with van der Waals surface area (Å²) in [6, 6.07) is 37.1. The second kappa shape index (κ2) is 9.54. The van der Waals surface area contributed by atoms with Crippen molar-refractivity contribution in [3.63, 3.8) is 0 Å². The molecule has 0 spiro atoms. The van der Waals surface area contributed by atoms with Crippen molar-refractivity contribution < 1.29 is 9.47 Å². The van der Waals surface area contributed by atoms with Crippen molar-refractivity contribution in [1.82, 2.24) is 4.98 Å². The fraction of sp³-hybridized carbons (Fsp3) is 0.0690. The maximum atomic E-state index is 10.1. The zero-order valence-corrected chi connectivity index (χ0v) is 20.4. The van der Waals surface area contributed by atoms with Gasteiger partial charge in [-0.3, -0.25) is 4.74 Å². The maximum absolute atomic E-state index is 10.1. The number of ether oxygens (including phenoxy) is 2. The van der Waals surface area contributed by atoms with Crippen LogP contribution in [0.15, 0.2) is 108 Å². The van der Waals surface area contributed by atoms with Crippen molar-refractivity contribution >= 4 is 39.6 Å². The Labute approximate surface area is 204 Å². The molecule has 1 heterocycles. The van der Waals surface area contributed by atoms with Gasteiger partial charge in [0.15, 0.2) is 11.5 Å². The number of aromatic nitrogens is 1. The largest absolute Gasteiger partial charge is 0.493 e. The van der Waals surface area contributed by atoms with Gasteiger partial charge in [-0.2, -0.15) is 5.26 Å². The average Bonchev–Trinajstić information content (AvgIpc) is 3.28. The molecule has 0 bridgehead atoms. The monoisotopic (exact) mass is 477 g/mol. The molecule has 172 valence electrons. The first kappa shape index (κ1) is 22.5. The van der Waals surface area contributed by atoms with Gasteiger partial charge in [0.25, 0.3) is 0 Å². The molecule has 0 saturated carbocycles. The number of H-pyrrole nitrogens is 1. The predicted octanol–water partition coefficient (Wildman–Crippen LogP) is 5.87. The second-order valence-corrected chi connectivity index (χ2v) is 11.0. The molecular weight excluding hydrogens is 453 g/mol. The molecule has 0 fully saturated rings. The molecular formula is C29H24N3O2P. The SMILES string of the molecule is COc1cc2[nH]c(C#N)c(N=P(c3ccccc3)(c3ccccc3)c3ccccc3)c2cc1OC. The molecule has 0 aliphatic rings. The minimum atomic E-state index is -2.55. The van der Waals surface area contributed by atoms with E-state index in [-0.39, 0.29) is 0 Å². The summed E-state index contributed by atoms with van der Waals surface area (Å²) < 4.78 is 16.6. The summed E-state index contributed by atoms with van der Waals surface area (Å²) in [7, 11) is 0.655. The quantitative estimate of drug-likeness (QED) is 0.311. The first-order valence-electron chi connectivity index (χ1n) is 11.2. The van der Waals surface area contributed by atoms with Crippen LogP contribution in [0.4, 0.5) is 5.69 Å². The number of fused-ring (bicyclic) bond motifs is 1. The van der Waals surface area contributed by atoms with E-state index in [1.54, 1.807) is 14.2 Å². The lowest BCUT2D eigenvalue weighted by atomic mass is 10.2. The zero-order chi connectivity index (χ0) is 24.3. The van der Waals surface area contributed by atoms with Crippen LogP contribution in [0.1, 0.15) is 5.69 Å². The van der Waals surface area contributed by atoms with E-state index in [2.05, 4.69) is 47.5 Å². The van der Waals surface area contributed by atoms with Crippen LogP contribution >= 0.6 is 7.05 Å². The number of methoxy groups -OCH3 is 2. The van der Waals surface area contributed by atoms with E-state index < -0.39 is 7.05 Å². The van der Waals surface area contributed by atoms with Crippen molar-refractivity contribution in [2.75, 3.05) is 14.2 Å². The highest BCUT2D eigenvalue weighted by Crippen LogP contribution is 2.51. The minimum absolute atomic E-state index is 0.405. The van der Waals surface area contributed by atoms with Crippen LogP contribution < -0.4 is 25.4 Å². The van der Waals surface area contributed by atoms with Gasteiger partial charge in [-0.15, -0.1) is 0 Å². The molecule has 1 aromatic heterocycles. The smallest absolute Gasteiger partial charge is 0.162 e. The lowest BCUT2D eigenvalue weighted by Crippen LogP contribution is -2.25. The Balaban J connectivity index is 1.97. The standard InChI is InChI=1S/C29H24N3O2P/c1-33-27-18-24-25(19-28(27)34-2)31-26(20-30)29(24)32-35(21-12-6-3-7-13-21,22-14-8-4-9-15-22)23-16-10-5-11-17-23/h3-19,31H,1-2H3. The van der Waals surface area contributed by atoms with Gasteiger partial charge in [0.2, 0.25) is 0 Å². The fourth-order valence-electron chi connectivity index (χ4n) is 4.39. The molecule has 6 heteroatoms. The van der Waals surface area contributed by atoms with Gasteiger partial charge >= 0.3 is 0 Å². The van der Waals surface area contributed by atoms with Crippen LogP contribution in [0.25, 0.3) is 10.9 Å². The van der Waals surface area contributed by atoms with Gasteiger partial charge < -0.3 is 14.5 Å². The lowest BCUT2D eigenvalue weighted by Gasteiger charge is -2.27. The molecule has 35 heavy (non-hydrogen) atoms. The number of nitriles is 1. The Morgan fingerprint density at radius 3 is 1.60 bits per heavy atom. The van der Waals surface area contributed by atoms with Gasteiger partial charge in [-0.25, -0.2) is 0 Å². The summed E-state index contributed by atoms with van der Waals surface area (Å²) in [5.41, 5.74) is 1.79. The van der Waals surface area contributed by atoms with Crippen LogP contribution in [0.3, 0.4) is 0 Å². The summed E-state index contributed by atoms with van der Waals surface area (Å²) in [6.07, 6.45) is 0. The van der Waals surface area contributed by atoms with Crippen LogP contribution in [0.5, 0.6) is 11.5 Å². The Hall–Kier alpha value is -4.26. The molecule has 0 aliphatic heterocycles. The van der Waals surface area contributed by atoms with Crippen molar-refractivity contribution in [3.05, 3.63) is 109 Å². The first-order chi connectivity index (χ1) is 17.2. The predicted molar refractivity (Wildman–Crippen MR) is 143 cm³/mol. The summed E-state index contributed by atoms with van der Waals surface area (Å²) in [4.78, 5) is 3.24. The third-order valence-corrected chi connectivity index (χ3v) is 9.66. The normalized spacial score (nSPS) is 11.1. The third kappa shape index (κ3) is 3.89. The number of nitrogens with zero attached hydrogens (tertiary/aromatic N) is 2. The van der Waals surface area contributed by atoms with Gasteiger partial charge in [-0.1, -0.05) is 91.0 Å². The second-order valence-electron chi connectivity index (χ2n) is 7.96. The van der Waals surface area contributed by atoms with E-state index in [9.17, 15) is 5.26 Å². The highest BCUT2D eigenvalue weighted by Gasteiger charge is 2.29. The third-order valence-electron chi connectivity index (χ3n) is 6.03. The summed E-state index contributed by atoms with van der Waals surface area (Å²) in [6.45, 7) is 0. The number of aromatic amines is 1. The maximum Gasteiger partial charge on any atom is 0.162 e. The topological polar surface area (TPSA) is 70.4 Å². The molecule has 0 atom stereocenters. The first-order valence-corrected chi connectivity index (χ1v) is 12.9. The van der Waals surface area contributed by atoms with E-state index in [0.29, 0.717) is 22.9 Å². The molecule has 5 nitrogen and oxygen atoms in total. The lowest BCUT2D eigenvalue weighted by molar-refractivity contribution is 0.356. The average molecular weight is 478 g/mol. The van der Waals surface area contributed by atoms with Crippen LogP contribution in [-0.2, 0) is 0 Å². The van der Waals surface area contributed by atoms with Crippen molar-refractivity contribution in [3.8, 4) is 17.6 Å². The van der Waals surface area contributed by atoms with E-state index in [4.69, 9.17) is 14.2 Å². The van der Waals surface area contributed by atoms with E-state index >= 15 is 0 Å². The Morgan fingerprint density at radius 1 is 0.714 bits per heavy atom. The molecule has 0 saturated heterocycles. The van der Waals surface area contributed by atoms with Crippen molar-refractivity contribution in [2.24, 2.45) is 4.74 Å². The van der Waals surface area contributed by atoms with Crippen LogP contribution in [0.2, 0.25) is 0 Å². The number of hydrogen-bond donors (Lipinski definition) is 1. The number of hydrogen-bond acceptors (Lipinski definition) is 4. The van der Waals surface area contributed by atoms with Crippen molar-refractivity contribution in [2.45, 2.75) is 0 Å². The summed E-state index contributed by atoms with van der Waals surface area (Å²) in [5.74, 6) is 1.18. The number of rotatable bonds is 6. The highest BCUT2D eigenvalue weighted by molar-refractivity contribution is 7.87. The number of benzene rings is 4. The fourth-order valence-corrected chi connectivity index (χ4v) is 7.95. The number of nitrogens with one attached hydrogen (secondary N) is 1. The Bertz CT molecular complexity index is 1470. The minimum Gasteiger partial charge on any atom is -0.493 e. The van der Waals surface area contributed by atoms with Crippen LogP contribution in [0, 0.1) is 11.3 Å². The van der Waals surface area contributed by atoms with Gasteiger partial charge in [0.1, 0.15) is 17.5 Å². The molecule has 0 radical (unpaired) electrons. The van der Waals surface area contributed by atoms with Gasteiger partial charge in [0.05, 0.1) is 26.8 Å². The highest BCUT2D eigenvalue weighted by atomic mass is 31.2. The van der Waals surface area contributed by atoms with Crippen LogP contribution in [-0.4, -0.2) is 19.2 Å². The molecule has 5 rings (SSSR count). The molecule has 4 aromatic carbocycles. The van der Waals surface area contributed by atoms with Gasteiger partial charge in [-0.05, 0) is 6.07 Å². The summed E-state index contributed by atoms with van der Waals surface area (Å²) >= 11 is 0. The molecule has 1 N–H and O–H groups in total. The van der Waals surface area contributed by atoms with E-state index in [1.807, 2.05) is 66.7 Å². The summed E-state index contributed by atoms with van der Waals surface area (Å²) in [5, 5.41) is 14.2. The van der Waals surface area contributed by atoms with Gasteiger partial charge in [0, 0.05) is 27.4 Å². The molecule has 0 amide bonds. The zero-order valence-electron chi connectivity index (χ0n) is 19.5. The molecule has 0 unspecified atom stereocenters. The van der Waals surface area contributed by atoms with E-state index in [1.165, 1.54) is 0 Å². The Kier molecular flexibility index (Phi) is 6.14. The molecule has 5 aromatic rings. The molecule has 0 aliphatic carbocycles. The van der Waals surface area contributed by atoms with E-state index in [0.717, 1.165) is 26.8 Å².